The normalized spacial score (nSPS) is 11.2. The number of esters is 1. The van der Waals surface area contributed by atoms with Crippen molar-refractivity contribution < 1.29 is 23.4 Å². The zero-order valence-electron chi connectivity index (χ0n) is 16.4. The minimum atomic E-state index is -0.732. The number of rotatable bonds is 7. The lowest BCUT2D eigenvalue weighted by Gasteiger charge is -2.12. The van der Waals surface area contributed by atoms with Crippen molar-refractivity contribution in [3.05, 3.63) is 66.7 Å². The van der Waals surface area contributed by atoms with Crippen LogP contribution in [-0.2, 0) is 24.2 Å². The van der Waals surface area contributed by atoms with Gasteiger partial charge in [0, 0.05) is 12.6 Å². The average molecular weight is 438 g/mol. The molecule has 1 aromatic carbocycles. The number of benzene rings is 1. The molecule has 30 heavy (non-hydrogen) atoms. The van der Waals surface area contributed by atoms with Crippen molar-refractivity contribution in [1.29, 1.82) is 0 Å². The van der Waals surface area contributed by atoms with Gasteiger partial charge in [-0.25, -0.2) is 18.4 Å². The van der Waals surface area contributed by atoms with Crippen LogP contribution in [0.25, 0.3) is 10.2 Å². The number of ether oxygens (including phenoxy) is 1. The van der Waals surface area contributed by atoms with Gasteiger partial charge in [-0.15, -0.1) is 11.3 Å². The third kappa shape index (κ3) is 4.05. The van der Waals surface area contributed by atoms with Gasteiger partial charge in [-0.05, 0) is 43.5 Å². The summed E-state index contributed by atoms with van der Waals surface area (Å²) in [4.78, 5) is 38.5. The van der Waals surface area contributed by atoms with Crippen LogP contribution in [0.2, 0.25) is 0 Å². The van der Waals surface area contributed by atoms with E-state index in [0.717, 1.165) is 22.0 Å². The summed E-state index contributed by atoms with van der Waals surface area (Å²) in [6, 6.07) is 3.08. The van der Waals surface area contributed by atoms with Crippen molar-refractivity contribution in [3.8, 4) is 0 Å². The van der Waals surface area contributed by atoms with Gasteiger partial charge in [0.05, 0.1) is 25.1 Å². The average Bonchev–Trinajstić information content (AvgIpc) is 3.02. The fourth-order valence-corrected chi connectivity index (χ4v) is 4.49. The zero-order valence-corrected chi connectivity index (χ0v) is 17.2. The second kappa shape index (κ2) is 8.88. The Bertz CT molecular complexity index is 1210. The maximum absolute atomic E-state index is 13.5. The molecule has 0 saturated heterocycles. The van der Waals surface area contributed by atoms with Gasteiger partial charge in [0.2, 0.25) is 0 Å². The van der Waals surface area contributed by atoms with Crippen molar-refractivity contribution in [3.63, 3.8) is 0 Å². The molecule has 0 aliphatic heterocycles. The molecule has 0 bridgehead atoms. The van der Waals surface area contributed by atoms with Crippen LogP contribution in [0.15, 0.2) is 27.8 Å². The Morgan fingerprint density at radius 1 is 1.13 bits per heavy atom. The summed E-state index contributed by atoms with van der Waals surface area (Å²) >= 11 is 0.960. The smallest absolute Gasteiger partial charge is 0.348 e. The molecule has 0 fully saturated rings. The van der Waals surface area contributed by atoms with Crippen LogP contribution < -0.4 is 11.2 Å². The fourth-order valence-electron chi connectivity index (χ4n) is 3.28. The van der Waals surface area contributed by atoms with E-state index in [1.165, 1.54) is 16.7 Å². The van der Waals surface area contributed by atoms with E-state index in [9.17, 15) is 28.3 Å². The van der Waals surface area contributed by atoms with Crippen LogP contribution in [-0.4, -0.2) is 33.4 Å². The topological polar surface area (TPSA) is 90.5 Å². The third-order valence-corrected chi connectivity index (χ3v) is 5.92. The van der Waals surface area contributed by atoms with Crippen molar-refractivity contribution >= 4 is 27.5 Å². The number of carbonyl (C=O) groups is 1. The molecule has 160 valence electrons. The predicted molar refractivity (Wildman–Crippen MR) is 108 cm³/mol. The number of hydrogen-bond donors (Lipinski definition) is 1. The first-order valence-corrected chi connectivity index (χ1v) is 10.1. The van der Waals surface area contributed by atoms with E-state index in [1.54, 1.807) is 13.8 Å². The molecule has 10 heteroatoms. The number of thiophene rings is 1. The van der Waals surface area contributed by atoms with Gasteiger partial charge in [0.1, 0.15) is 21.3 Å². The molecule has 3 aromatic rings. The summed E-state index contributed by atoms with van der Waals surface area (Å²) < 4.78 is 34.2. The van der Waals surface area contributed by atoms with E-state index in [4.69, 9.17) is 4.74 Å². The van der Waals surface area contributed by atoms with Crippen LogP contribution in [0.1, 0.15) is 27.7 Å². The number of nitrogens with zero attached hydrogens (tertiary/aromatic N) is 2. The van der Waals surface area contributed by atoms with E-state index >= 15 is 0 Å². The lowest BCUT2D eigenvalue weighted by Crippen LogP contribution is -2.40. The zero-order chi connectivity index (χ0) is 22.0. The predicted octanol–water partition coefficient (Wildman–Crippen LogP) is 2.22. The minimum Gasteiger partial charge on any atom is -0.462 e. The summed E-state index contributed by atoms with van der Waals surface area (Å²) in [6.45, 7) is 2.77. The van der Waals surface area contributed by atoms with Crippen LogP contribution >= 0.6 is 11.3 Å². The standard InChI is InChI=1S/C20H20F2N2O5S/c1-3-29-19(27)16-11(2)15-17(26)23(6-7-25)20(28)24(18(15)30-16)5-4-12-8-13(21)10-14(22)9-12/h8-10,25H,3-7H2,1-2H3. The van der Waals surface area contributed by atoms with Crippen LogP contribution in [0.3, 0.4) is 0 Å². The number of aryl methyl sites for hydroxylation is 3. The molecule has 3 rings (SSSR count). The van der Waals surface area contributed by atoms with E-state index in [0.29, 0.717) is 11.1 Å². The van der Waals surface area contributed by atoms with Crippen LogP contribution in [0, 0.1) is 18.6 Å². The van der Waals surface area contributed by atoms with Gasteiger partial charge >= 0.3 is 11.7 Å². The molecule has 1 N–H and O–H groups in total. The number of aliphatic hydroxyl groups excluding tert-OH is 1. The van der Waals surface area contributed by atoms with E-state index < -0.39 is 35.5 Å². The second-order valence-electron chi connectivity index (χ2n) is 6.60. The number of carbonyl (C=O) groups excluding carboxylic acids is 1. The van der Waals surface area contributed by atoms with Gasteiger partial charge in [-0.2, -0.15) is 0 Å². The Labute approximate surface area is 173 Å². The lowest BCUT2D eigenvalue weighted by molar-refractivity contribution is 0.0531. The molecule has 0 saturated carbocycles. The van der Waals surface area contributed by atoms with Gasteiger partial charge in [0.25, 0.3) is 5.56 Å². The Morgan fingerprint density at radius 2 is 1.80 bits per heavy atom. The van der Waals surface area contributed by atoms with Crippen molar-refractivity contribution in [2.24, 2.45) is 0 Å². The molecule has 0 amide bonds. The summed E-state index contributed by atoms with van der Waals surface area (Å²) in [5, 5.41) is 9.45. The largest absolute Gasteiger partial charge is 0.462 e. The first-order chi connectivity index (χ1) is 14.3. The monoisotopic (exact) mass is 438 g/mol. The summed E-state index contributed by atoms with van der Waals surface area (Å²) in [5.41, 5.74) is -0.557. The van der Waals surface area contributed by atoms with Gasteiger partial charge in [-0.1, -0.05) is 0 Å². The molecular formula is C20H20F2N2O5S. The van der Waals surface area contributed by atoms with E-state index in [2.05, 4.69) is 0 Å². The van der Waals surface area contributed by atoms with E-state index in [1.807, 2.05) is 0 Å². The van der Waals surface area contributed by atoms with Gasteiger partial charge in [-0.3, -0.25) is 13.9 Å². The Hall–Kier alpha value is -2.85. The first-order valence-electron chi connectivity index (χ1n) is 9.28. The SMILES string of the molecule is CCOC(=O)c1sc2c(c1C)c(=O)n(CCO)c(=O)n2CCc1cc(F)cc(F)c1. The van der Waals surface area contributed by atoms with Crippen molar-refractivity contribution in [1.82, 2.24) is 9.13 Å². The molecule has 2 heterocycles. The van der Waals surface area contributed by atoms with Crippen LogP contribution in [0.5, 0.6) is 0 Å². The second-order valence-corrected chi connectivity index (χ2v) is 7.60. The Kier molecular flexibility index (Phi) is 6.47. The van der Waals surface area contributed by atoms with Crippen LogP contribution in [0.4, 0.5) is 8.78 Å². The lowest BCUT2D eigenvalue weighted by atomic mass is 10.1. The van der Waals surface area contributed by atoms with Gasteiger partial charge < -0.3 is 9.84 Å². The molecule has 0 atom stereocenters. The molecule has 0 unspecified atom stereocenters. The molecular weight excluding hydrogens is 418 g/mol. The molecule has 0 aliphatic carbocycles. The molecule has 0 radical (unpaired) electrons. The summed E-state index contributed by atoms with van der Waals surface area (Å²) in [7, 11) is 0. The fraction of sp³-hybridized carbons (Fsp3) is 0.350. The summed E-state index contributed by atoms with van der Waals surface area (Å²) in [6.07, 6.45) is 0.118. The number of halogens is 2. The maximum Gasteiger partial charge on any atom is 0.348 e. The molecule has 2 aromatic heterocycles. The third-order valence-electron chi connectivity index (χ3n) is 4.63. The molecule has 7 nitrogen and oxygen atoms in total. The number of aliphatic hydroxyl groups is 1. The number of fused-ring (bicyclic) bond motifs is 1. The molecule has 0 spiro atoms. The van der Waals surface area contributed by atoms with E-state index in [-0.39, 0.29) is 41.2 Å². The quantitative estimate of drug-likeness (QED) is 0.572. The Morgan fingerprint density at radius 3 is 2.40 bits per heavy atom. The highest BCUT2D eigenvalue weighted by Crippen LogP contribution is 2.28. The molecule has 0 aliphatic rings. The Balaban J connectivity index is 2.18. The number of hydrogen-bond acceptors (Lipinski definition) is 6. The minimum absolute atomic E-state index is 0.0200. The summed E-state index contributed by atoms with van der Waals surface area (Å²) in [5.74, 6) is -2.07. The van der Waals surface area contributed by atoms with Crippen molar-refractivity contribution in [2.45, 2.75) is 33.4 Å². The van der Waals surface area contributed by atoms with Gasteiger partial charge in [0.15, 0.2) is 0 Å². The highest BCUT2D eigenvalue weighted by molar-refractivity contribution is 7.20. The first kappa shape index (κ1) is 21.8. The number of aromatic nitrogens is 2. The highest BCUT2D eigenvalue weighted by atomic mass is 32.1. The highest BCUT2D eigenvalue weighted by Gasteiger charge is 2.23. The maximum atomic E-state index is 13.5. The van der Waals surface area contributed by atoms with Crippen molar-refractivity contribution in [2.75, 3.05) is 13.2 Å².